The second kappa shape index (κ2) is 7.59. The summed E-state index contributed by atoms with van der Waals surface area (Å²) in [5.74, 6) is -2.05. The minimum Gasteiger partial charge on any atom is -0.381 e. The van der Waals surface area contributed by atoms with Crippen molar-refractivity contribution >= 4 is 5.91 Å². The quantitative estimate of drug-likeness (QED) is 0.851. The Kier molecular flexibility index (Phi) is 5.53. The van der Waals surface area contributed by atoms with Crippen molar-refractivity contribution in [1.29, 1.82) is 0 Å². The molecule has 0 bridgehead atoms. The molecule has 0 saturated carbocycles. The maximum absolute atomic E-state index is 15.2. The molecule has 0 radical (unpaired) electrons. The van der Waals surface area contributed by atoms with Crippen LogP contribution in [0.25, 0.3) is 11.1 Å². The van der Waals surface area contributed by atoms with Gasteiger partial charge in [-0.3, -0.25) is 4.79 Å². The predicted octanol–water partition coefficient (Wildman–Crippen LogP) is 4.13. The predicted molar refractivity (Wildman–Crippen MR) is 101 cm³/mol. The van der Waals surface area contributed by atoms with E-state index in [1.807, 2.05) is 0 Å². The number of carbonyl (C=O) groups is 1. The molecule has 3 atom stereocenters. The molecule has 0 unspecified atom stereocenters. The third-order valence-corrected chi connectivity index (χ3v) is 5.38. The van der Waals surface area contributed by atoms with Crippen LogP contribution in [0.15, 0.2) is 42.5 Å². The van der Waals surface area contributed by atoms with Crippen molar-refractivity contribution in [2.45, 2.75) is 45.0 Å². The van der Waals surface area contributed by atoms with Gasteiger partial charge in [-0.05, 0) is 43.5 Å². The summed E-state index contributed by atoms with van der Waals surface area (Å²) < 4.78 is 43.0. The number of aliphatic hydroxyl groups is 1. The number of halogens is 3. The summed E-state index contributed by atoms with van der Waals surface area (Å²) in [5, 5.41) is 10.1. The second-order valence-electron chi connectivity index (χ2n) is 7.95. The highest BCUT2D eigenvalue weighted by atomic mass is 19.1. The van der Waals surface area contributed by atoms with E-state index in [1.54, 1.807) is 31.2 Å². The van der Waals surface area contributed by atoms with Gasteiger partial charge in [0.1, 0.15) is 23.4 Å². The number of rotatable bonds is 4. The van der Waals surface area contributed by atoms with E-state index >= 15 is 4.39 Å². The summed E-state index contributed by atoms with van der Waals surface area (Å²) in [6, 6.07) is 9.89. The van der Waals surface area contributed by atoms with E-state index in [4.69, 9.17) is 0 Å². The van der Waals surface area contributed by atoms with E-state index in [2.05, 4.69) is 0 Å². The van der Waals surface area contributed by atoms with Crippen molar-refractivity contribution in [3.05, 3.63) is 59.7 Å². The van der Waals surface area contributed by atoms with Crippen molar-refractivity contribution in [2.24, 2.45) is 5.92 Å². The van der Waals surface area contributed by atoms with Crippen LogP contribution in [0.3, 0.4) is 0 Å². The zero-order chi connectivity index (χ0) is 20.6. The number of hydrogen-bond donors (Lipinski definition) is 1. The number of likely N-dealkylation sites (tertiary alicyclic amines) is 1. The third kappa shape index (κ3) is 3.92. The summed E-state index contributed by atoms with van der Waals surface area (Å²) >= 11 is 0. The highest BCUT2D eigenvalue weighted by Gasteiger charge is 2.45. The molecule has 3 nitrogen and oxygen atoms in total. The lowest BCUT2D eigenvalue weighted by molar-refractivity contribution is -0.149. The Morgan fingerprint density at radius 3 is 2.54 bits per heavy atom. The normalized spacial score (nSPS) is 22.5. The molecule has 2 aromatic rings. The fourth-order valence-electron chi connectivity index (χ4n) is 3.74. The van der Waals surface area contributed by atoms with E-state index in [9.17, 15) is 18.7 Å². The average Bonchev–Trinajstić information content (AvgIpc) is 2.90. The zero-order valence-corrected chi connectivity index (χ0v) is 16.1. The Labute approximate surface area is 162 Å². The van der Waals surface area contributed by atoms with Gasteiger partial charge in [-0.1, -0.05) is 37.3 Å². The molecular formula is C22H24F3NO2. The van der Waals surface area contributed by atoms with E-state index < -0.39 is 41.3 Å². The van der Waals surface area contributed by atoms with Crippen LogP contribution in [0.2, 0.25) is 0 Å². The van der Waals surface area contributed by atoms with Crippen molar-refractivity contribution in [2.75, 3.05) is 6.54 Å². The summed E-state index contributed by atoms with van der Waals surface area (Å²) in [6.45, 7) is 4.27. The molecule has 1 amide bonds. The summed E-state index contributed by atoms with van der Waals surface area (Å²) in [6.07, 6.45) is -1.14. The van der Waals surface area contributed by atoms with E-state index in [1.165, 1.54) is 36.9 Å². The van der Waals surface area contributed by atoms with Crippen molar-refractivity contribution in [3.63, 3.8) is 0 Å². The lowest BCUT2D eigenvalue weighted by atomic mass is 9.92. The summed E-state index contributed by atoms with van der Waals surface area (Å²) in [4.78, 5) is 13.9. The molecule has 1 saturated heterocycles. The number of amides is 1. The zero-order valence-electron chi connectivity index (χ0n) is 16.1. The van der Waals surface area contributed by atoms with Gasteiger partial charge in [-0.15, -0.1) is 0 Å². The summed E-state index contributed by atoms with van der Waals surface area (Å²) in [5.41, 5.74) is -0.656. The smallest absolute Gasteiger partial charge is 0.254 e. The molecule has 3 rings (SSSR count). The van der Waals surface area contributed by atoms with Gasteiger partial charge in [0, 0.05) is 17.5 Å². The lowest BCUT2D eigenvalue weighted by Gasteiger charge is -2.31. The highest BCUT2D eigenvalue weighted by molar-refractivity contribution is 5.84. The number of hydrogen-bond acceptors (Lipinski definition) is 2. The molecule has 1 aliphatic heterocycles. The van der Waals surface area contributed by atoms with Gasteiger partial charge in [0.05, 0.1) is 6.54 Å². The van der Waals surface area contributed by atoms with Crippen LogP contribution >= 0.6 is 0 Å². The van der Waals surface area contributed by atoms with Gasteiger partial charge in [-0.2, -0.15) is 0 Å². The number of benzene rings is 2. The first-order valence-electron chi connectivity index (χ1n) is 9.30. The van der Waals surface area contributed by atoms with Gasteiger partial charge in [0.25, 0.3) is 5.91 Å². The van der Waals surface area contributed by atoms with Gasteiger partial charge < -0.3 is 10.0 Å². The molecular weight excluding hydrogens is 367 g/mol. The SMILES string of the molecule is C[C@H]1[C@@H](F)CN(C(=O)C(C)(C)O)[C@H]1Cc1cccc(-c2cccc(F)c2)c1F. The van der Waals surface area contributed by atoms with Crippen molar-refractivity contribution in [3.8, 4) is 11.1 Å². The molecule has 1 fully saturated rings. The maximum atomic E-state index is 15.2. The highest BCUT2D eigenvalue weighted by Crippen LogP contribution is 2.33. The fourth-order valence-corrected chi connectivity index (χ4v) is 3.74. The van der Waals surface area contributed by atoms with Crippen LogP contribution in [0, 0.1) is 17.6 Å². The lowest BCUT2D eigenvalue weighted by Crippen LogP contribution is -2.49. The number of alkyl halides is 1. The molecule has 150 valence electrons. The molecule has 2 aromatic carbocycles. The van der Waals surface area contributed by atoms with E-state index in [-0.39, 0.29) is 18.5 Å². The molecule has 0 aromatic heterocycles. The van der Waals surface area contributed by atoms with Gasteiger partial charge >= 0.3 is 0 Å². The Morgan fingerprint density at radius 2 is 1.89 bits per heavy atom. The number of carbonyl (C=O) groups excluding carboxylic acids is 1. The Balaban J connectivity index is 1.94. The van der Waals surface area contributed by atoms with E-state index in [0.29, 0.717) is 11.1 Å². The Bertz CT molecular complexity index is 878. The minimum absolute atomic E-state index is 0.110. The van der Waals surface area contributed by atoms with Crippen LogP contribution in [0.1, 0.15) is 26.3 Å². The largest absolute Gasteiger partial charge is 0.381 e. The molecule has 28 heavy (non-hydrogen) atoms. The van der Waals surface area contributed by atoms with Crippen molar-refractivity contribution in [1.82, 2.24) is 4.90 Å². The first-order valence-corrected chi connectivity index (χ1v) is 9.30. The standard InChI is InChI=1S/C22H24F3NO2/c1-13-18(24)12-26(21(27)22(2,3)28)19(13)11-15-7-5-9-17(20(15)25)14-6-4-8-16(23)10-14/h4-10,13,18-19,28H,11-12H2,1-3H3/t13-,18-,19-/m0/s1. The Morgan fingerprint density at radius 1 is 1.21 bits per heavy atom. The molecule has 0 aliphatic carbocycles. The topological polar surface area (TPSA) is 40.5 Å². The molecule has 1 heterocycles. The molecule has 1 aliphatic rings. The minimum atomic E-state index is -1.63. The molecule has 1 N–H and O–H groups in total. The van der Waals surface area contributed by atoms with Crippen LogP contribution < -0.4 is 0 Å². The Hall–Kier alpha value is -2.34. The summed E-state index contributed by atoms with van der Waals surface area (Å²) in [7, 11) is 0. The second-order valence-corrected chi connectivity index (χ2v) is 7.95. The van der Waals surface area contributed by atoms with Crippen LogP contribution in [-0.2, 0) is 11.2 Å². The van der Waals surface area contributed by atoms with Gasteiger partial charge in [-0.25, -0.2) is 13.2 Å². The third-order valence-electron chi connectivity index (χ3n) is 5.38. The molecule has 6 heteroatoms. The van der Waals surface area contributed by atoms with E-state index in [0.717, 1.165) is 0 Å². The van der Waals surface area contributed by atoms with Gasteiger partial charge in [0.15, 0.2) is 0 Å². The number of nitrogens with zero attached hydrogens (tertiary/aromatic N) is 1. The fraction of sp³-hybridized carbons (Fsp3) is 0.409. The first-order chi connectivity index (χ1) is 13.1. The van der Waals surface area contributed by atoms with Crippen LogP contribution in [0.4, 0.5) is 13.2 Å². The van der Waals surface area contributed by atoms with Crippen LogP contribution in [-0.4, -0.2) is 40.3 Å². The first kappa shape index (κ1) is 20.4. The average molecular weight is 391 g/mol. The molecule has 0 spiro atoms. The monoisotopic (exact) mass is 391 g/mol. The maximum Gasteiger partial charge on any atom is 0.254 e. The van der Waals surface area contributed by atoms with Gasteiger partial charge in [0.2, 0.25) is 0 Å². The van der Waals surface area contributed by atoms with Crippen molar-refractivity contribution < 1.29 is 23.1 Å². The van der Waals surface area contributed by atoms with Crippen LogP contribution in [0.5, 0.6) is 0 Å².